The van der Waals surface area contributed by atoms with Crippen LogP contribution in [0.2, 0.25) is 0 Å². The van der Waals surface area contributed by atoms with Crippen LogP contribution >= 0.6 is 0 Å². The summed E-state index contributed by atoms with van der Waals surface area (Å²) in [5, 5.41) is 8.90. The Bertz CT molecular complexity index is 1050. The number of anilines is 2. The molecule has 3 N–H and O–H groups in total. The van der Waals surface area contributed by atoms with Crippen molar-refractivity contribution in [1.29, 1.82) is 5.26 Å². The zero-order valence-electron chi connectivity index (χ0n) is 13.2. The largest absolute Gasteiger partial charge is 0.399 e. The smallest absolute Gasteiger partial charge is 0.261 e. The molecule has 0 aliphatic carbocycles. The molecule has 0 aromatic heterocycles. The lowest BCUT2D eigenvalue weighted by atomic mass is 10.1. The van der Waals surface area contributed by atoms with Crippen molar-refractivity contribution >= 4 is 21.4 Å². The first-order valence-corrected chi connectivity index (χ1v) is 8.95. The van der Waals surface area contributed by atoms with Crippen molar-refractivity contribution in [3.8, 4) is 17.2 Å². The SMILES string of the molecule is N#Cc1cccc(NS(=O)(=O)c2ccc(-c3cccc(N)c3)cc2)c1. The topological polar surface area (TPSA) is 96.0 Å². The molecule has 0 aliphatic heterocycles. The highest BCUT2D eigenvalue weighted by Gasteiger charge is 2.14. The van der Waals surface area contributed by atoms with Crippen molar-refractivity contribution in [2.75, 3.05) is 10.5 Å². The highest BCUT2D eigenvalue weighted by atomic mass is 32.2. The predicted octanol–water partition coefficient (Wildman–Crippen LogP) is 3.61. The van der Waals surface area contributed by atoms with E-state index >= 15 is 0 Å². The lowest BCUT2D eigenvalue weighted by Crippen LogP contribution is -2.12. The third-order valence-electron chi connectivity index (χ3n) is 3.63. The molecule has 3 aromatic rings. The van der Waals surface area contributed by atoms with Crippen LogP contribution in [0, 0.1) is 11.3 Å². The summed E-state index contributed by atoms with van der Waals surface area (Å²) in [6.45, 7) is 0. The zero-order valence-corrected chi connectivity index (χ0v) is 14.0. The number of hydrogen-bond acceptors (Lipinski definition) is 4. The quantitative estimate of drug-likeness (QED) is 0.703. The van der Waals surface area contributed by atoms with Gasteiger partial charge in [-0.2, -0.15) is 5.26 Å². The molecular formula is C19H15N3O2S. The van der Waals surface area contributed by atoms with E-state index in [2.05, 4.69) is 4.72 Å². The second-order valence-corrected chi connectivity index (χ2v) is 7.13. The van der Waals surface area contributed by atoms with Crippen LogP contribution in [0.1, 0.15) is 5.56 Å². The number of benzene rings is 3. The third-order valence-corrected chi connectivity index (χ3v) is 5.03. The molecule has 6 heteroatoms. The Morgan fingerprint density at radius 1 is 0.880 bits per heavy atom. The van der Waals surface area contributed by atoms with Crippen LogP contribution in [0.5, 0.6) is 0 Å². The van der Waals surface area contributed by atoms with Crippen molar-refractivity contribution in [2.45, 2.75) is 4.90 Å². The van der Waals surface area contributed by atoms with Crippen LogP contribution in [0.3, 0.4) is 0 Å². The van der Waals surface area contributed by atoms with Gasteiger partial charge in [0.15, 0.2) is 0 Å². The van der Waals surface area contributed by atoms with Gasteiger partial charge in [-0.3, -0.25) is 4.72 Å². The van der Waals surface area contributed by atoms with E-state index in [9.17, 15) is 8.42 Å². The van der Waals surface area contributed by atoms with Gasteiger partial charge >= 0.3 is 0 Å². The molecule has 25 heavy (non-hydrogen) atoms. The van der Waals surface area contributed by atoms with E-state index < -0.39 is 10.0 Å². The molecule has 0 saturated carbocycles. The number of nitrogens with one attached hydrogen (secondary N) is 1. The summed E-state index contributed by atoms with van der Waals surface area (Å²) in [5.74, 6) is 0. The Morgan fingerprint density at radius 2 is 1.60 bits per heavy atom. The van der Waals surface area contributed by atoms with Crippen LogP contribution < -0.4 is 10.5 Å². The fourth-order valence-corrected chi connectivity index (χ4v) is 3.46. The van der Waals surface area contributed by atoms with Crippen molar-refractivity contribution in [3.05, 3.63) is 78.4 Å². The maximum atomic E-state index is 12.5. The van der Waals surface area contributed by atoms with Gasteiger partial charge in [-0.1, -0.05) is 30.3 Å². The monoisotopic (exact) mass is 349 g/mol. The molecule has 0 amide bonds. The molecule has 0 radical (unpaired) electrons. The van der Waals surface area contributed by atoms with Gasteiger partial charge in [0.25, 0.3) is 10.0 Å². The number of nitrogens with two attached hydrogens (primary N) is 1. The summed E-state index contributed by atoms with van der Waals surface area (Å²) in [6.07, 6.45) is 0. The Labute approximate surface area is 146 Å². The number of hydrogen-bond donors (Lipinski definition) is 2. The summed E-state index contributed by atoms with van der Waals surface area (Å²) in [6, 6.07) is 22.2. The minimum atomic E-state index is -3.73. The molecule has 3 rings (SSSR count). The molecule has 0 atom stereocenters. The summed E-state index contributed by atoms with van der Waals surface area (Å²) >= 11 is 0. The Kier molecular flexibility index (Phi) is 4.42. The maximum absolute atomic E-state index is 12.5. The molecule has 0 saturated heterocycles. The van der Waals surface area contributed by atoms with E-state index in [-0.39, 0.29) is 4.90 Å². The second kappa shape index (κ2) is 6.67. The van der Waals surface area contributed by atoms with Crippen LogP contribution in [0.4, 0.5) is 11.4 Å². The minimum absolute atomic E-state index is 0.141. The van der Waals surface area contributed by atoms with Gasteiger partial charge < -0.3 is 5.73 Å². The Morgan fingerprint density at radius 3 is 2.28 bits per heavy atom. The first kappa shape index (κ1) is 16.6. The van der Waals surface area contributed by atoms with Crippen LogP contribution in [0.25, 0.3) is 11.1 Å². The van der Waals surface area contributed by atoms with Crippen molar-refractivity contribution < 1.29 is 8.42 Å². The van der Waals surface area contributed by atoms with E-state index in [1.54, 1.807) is 36.4 Å². The molecule has 0 fully saturated rings. The van der Waals surface area contributed by atoms with Gasteiger partial charge in [-0.15, -0.1) is 0 Å². The summed E-state index contributed by atoms with van der Waals surface area (Å²) < 4.78 is 27.5. The summed E-state index contributed by atoms with van der Waals surface area (Å²) in [4.78, 5) is 0.141. The molecular weight excluding hydrogens is 334 g/mol. The van der Waals surface area contributed by atoms with Crippen LogP contribution in [-0.2, 0) is 10.0 Å². The molecule has 124 valence electrons. The number of nitriles is 1. The molecule has 0 heterocycles. The average molecular weight is 349 g/mol. The molecule has 0 unspecified atom stereocenters. The number of sulfonamides is 1. The Balaban J connectivity index is 1.87. The van der Waals surface area contributed by atoms with Gasteiger partial charge in [-0.25, -0.2) is 8.42 Å². The summed E-state index contributed by atoms with van der Waals surface area (Å²) in [5.41, 5.74) is 8.94. The van der Waals surface area contributed by atoms with E-state index in [1.165, 1.54) is 18.2 Å². The molecule has 5 nitrogen and oxygen atoms in total. The highest BCUT2D eigenvalue weighted by Crippen LogP contribution is 2.24. The fourth-order valence-electron chi connectivity index (χ4n) is 2.41. The van der Waals surface area contributed by atoms with E-state index in [4.69, 9.17) is 11.0 Å². The maximum Gasteiger partial charge on any atom is 0.261 e. The molecule has 0 bridgehead atoms. The average Bonchev–Trinajstić information content (AvgIpc) is 2.61. The fraction of sp³-hybridized carbons (Fsp3) is 0. The zero-order chi connectivity index (χ0) is 17.9. The van der Waals surface area contributed by atoms with E-state index in [0.29, 0.717) is 16.9 Å². The van der Waals surface area contributed by atoms with E-state index in [1.807, 2.05) is 24.3 Å². The number of nitrogens with zero attached hydrogens (tertiary/aromatic N) is 1. The van der Waals surface area contributed by atoms with Gasteiger partial charge in [0.05, 0.1) is 22.2 Å². The normalized spacial score (nSPS) is 10.8. The van der Waals surface area contributed by atoms with Gasteiger partial charge in [0.2, 0.25) is 0 Å². The number of rotatable bonds is 4. The lowest BCUT2D eigenvalue weighted by Gasteiger charge is -2.09. The van der Waals surface area contributed by atoms with Crippen molar-refractivity contribution in [1.82, 2.24) is 0 Å². The van der Waals surface area contributed by atoms with Crippen molar-refractivity contribution in [3.63, 3.8) is 0 Å². The third kappa shape index (κ3) is 3.79. The molecule has 3 aromatic carbocycles. The minimum Gasteiger partial charge on any atom is -0.399 e. The van der Waals surface area contributed by atoms with E-state index in [0.717, 1.165) is 11.1 Å². The molecule has 0 spiro atoms. The molecule has 0 aliphatic rings. The second-order valence-electron chi connectivity index (χ2n) is 5.45. The van der Waals surface area contributed by atoms with Gasteiger partial charge in [-0.05, 0) is 53.6 Å². The number of nitrogen functional groups attached to an aromatic ring is 1. The first-order chi connectivity index (χ1) is 12.0. The first-order valence-electron chi connectivity index (χ1n) is 7.47. The summed E-state index contributed by atoms with van der Waals surface area (Å²) in [7, 11) is -3.73. The van der Waals surface area contributed by atoms with Crippen molar-refractivity contribution in [2.24, 2.45) is 0 Å². The van der Waals surface area contributed by atoms with Gasteiger partial charge in [0, 0.05) is 5.69 Å². The lowest BCUT2D eigenvalue weighted by molar-refractivity contribution is 0.601. The van der Waals surface area contributed by atoms with Crippen LogP contribution in [0.15, 0.2) is 77.7 Å². The predicted molar refractivity (Wildman–Crippen MR) is 98.3 cm³/mol. The van der Waals surface area contributed by atoms with Crippen LogP contribution in [-0.4, -0.2) is 8.42 Å². The van der Waals surface area contributed by atoms with Gasteiger partial charge in [0.1, 0.15) is 0 Å². The highest BCUT2D eigenvalue weighted by molar-refractivity contribution is 7.92. The Hall–Kier alpha value is -3.30. The standard InChI is InChI=1S/C19H15N3O2S/c20-13-14-3-1-6-18(11-14)22-25(23,24)19-9-7-15(8-10-19)16-4-2-5-17(21)12-16/h1-12,22H,21H2.